The molecule has 2 aromatic rings. The van der Waals surface area contributed by atoms with Crippen molar-refractivity contribution in [2.24, 2.45) is 0 Å². The fraction of sp³-hybridized carbons (Fsp3) is 0.312. The Bertz CT molecular complexity index is 567. The summed E-state index contributed by atoms with van der Waals surface area (Å²) in [6.07, 6.45) is 1.58. The van der Waals surface area contributed by atoms with Gasteiger partial charge in [-0.2, -0.15) is 0 Å². The van der Waals surface area contributed by atoms with Gasteiger partial charge in [0, 0.05) is 0 Å². The lowest BCUT2D eigenvalue weighted by Gasteiger charge is -2.15. The SMILES string of the molecule is CCOc1cccc(C(C)NC(=O)NCc2ccco2)c1. The molecule has 2 rings (SSSR count). The van der Waals surface area contributed by atoms with E-state index >= 15 is 0 Å². The molecule has 1 heterocycles. The number of amides is 2. The first-order valence-corrected chi connectivity index (χ1v) is 6.98. The highest BCUT2D eigenvalue weighted by atomic mass is 16.5. The molecule has 2 N–H and O–H groups in total. The molecular formula is C16H20N2O3. The average molecular weight is 288 g/mol. The van der Waals surface area contributed by atoms with Gasteiger partial charge in [-0.05, 0) is 43.7 Å². The van der Waals surface area contributed by atoms with Crippen LogP contribution in [0, 0.1) is 0 Å². The van der Waals surface area contributed by atoms with Crippen molar-refractivity contribution in [1.82, 2.24) is 10.6 Å². The first-order valence-electron chi connectivity index (χ1n) is 6.98. The minimum absolute atomic E-state index is 0.109. The van der Waals surface area contributed by atoms with Crippen LogP contribution >= 0.6 is 0 Å². The van der Waals surface area contributed by atoms with Crippen LogP contribution in [0.4, 0.5) is 4.79 Å². The van der Waals surface area contributed by atoms with Crippen LogP contribution in [-0.4, -0.2) is 12.6 Å². The Kier molecular flexibility index (Phi) is 5.26. The van der Waals surface area contributed by atoms with E-state index in [0.717, 1.165) is 17.1 Å². The quantitative estimate of drug-likeness (QED) is 0.857. The van der Waals surface area contributed by atoms with E-state index in [1.54, 1.807) is 12.3 Å². The van der Waals surface area contributed by atoms with Gasteiger partial charge in [0.25, 0.3) is 0 Å². The molecule has 112 valence electrons. The van der Waals surface area contributed by atoms with Gasteiger partial charge < -0.3 is 19.8 Å². The molecule has 0 aliphatic heterocycles. The van der Waals surface area contributed by atoms with Crippen molar-refractivity contribution >= 4 is 6.03 Å². The zero-order valence-electron chi connectivity index (χ0n) is 12.3. The van der Waals surface area contributed by atoms with Crippen LogP contribution in [0.1, 0.15) is 31.2 Å². The lowest BCUT2D eigenvalue weighted by molar-refractivity contribution is 0.236. The molecule has 1 aromatic heterocycles. The number of nitrogens with one attached hydrogen (secondary N) is 2. The third-order valence-corrected chi connectivity index (χ3v) is 3.02. The summed E-state index contributed by atoms with van der Waals surface area (Å²) in [5.41, 5.74) is 0.995. The highest BCUT2D eigenvalue weighted by molar-refractivity contribution is 5.74. The van der Waals surface area contributed by atoms with Gasteiger partial charge in [0.15, 0.2) is 0 Å². The number of ether oxygens (including phenoxy) is 1. The second-order valence-electron chi connectivity index (χ2n) is 4.63. The number of furan rings is 1. The van der Waals surface area contributed by atoms with E-state index in [9.17, 15) is 4.79 Å². The van der Waals surface area contributed by atoms with Gasteiger partial charge in [-0.1, -0.05) is 12.1 Å². The van der Waals surface area contributed by atoms with Crippen molar-refractivity contribution in [3.8, 4) is 5.75 Å². The van der Waals surface area contributed by atoms with Crippen molar-refractivity contribution in [1.29, 1.82) is 0 Å². The molecular weight excluding hydrogens is 268 g/mol. The molecule has 21 heavy (non-hydrogen) atoms. The predicted molar refractivity (Wildman–Crippen MR) is 80.1 cm³/mol. The van der Waals surface area contributed by atoms with Crippen LogP contribution in [0.2, 0.25) is 0 Å². The zero-order chi connectivity index (χ0) is 15.1. The summed E-state index contributed by atoms with van der Waals surface area (Å²) < 4.78 is 10.6. The van der Waals surface area contributed by atoms with E-state index in [4.69, 9.17) is 9.15 Å². The van der Waals surface area contributed by atoms with E-state index in [1.807, 2.05) is 44.2 Å². The van der Waals surface area contributed by atoms with Gasteiger partial charge in [-0.25, -0.2) is 4.79 Å². The van der Waals surface area contributed by atoms with Gasteiger partial charge >= 0.3 is 6.03 Å². The Balaban J connectivity index is 1.86. The number of hydrogen-bond donors (Lipinski definition) is 2. The van der Waals surface area contributed by atoms with Crippen LogP contribution in [0.25, 0.3) is 0 Å². The Labute approximate surface area is 124 Å². The molecule has 2 amide bonds. The average Bonchev–Trinajstić information content (AvgIpc) is 2.99. The Morgan fingerprint density at radius 3 is 2.90 bits per heavy atom. The van der Waals surface area contributed by atoms with E-state index in [2.05, 4.69) is 10.6 Å². The summed E-state index contributed by atoms with van der Waals surface area (Å²) in [5, 5.41) is 5.63. The summed E-state index contributed by atoms with van der Waals surface area (Å²) in [4.78, 5) is 11.8. The Morgan fingerprint density at radius 1 is 1.33 bits per heavy atom. The number of carbonyl (C=O) groups excluding carboxylic acids is 1. The molecule has 0 aliphatic rings. The Hall–Kier alpha value is -2.43. The second-order valence-corrected chi connectivity index (χ2v) is 4.63. The molecule has 5 nitrogen and oxygen atoms in total. The molecule has 0 bridgehead atoms. The van der Waals surface area contributed by atoms with E-state index in [1.165, 1.54) is 0 Å². The maximum absolute atomic E-state index is 11.8. The van der Waals surface area contributed by atoms with E-state index in [-0.39, 0.29) is 12.1 Å². The van der Waals surface area contributed by atoms with Gasteiger partial charge in [-0.3, -0.25) is 0 Å². The van der Waals surface area contributed by atoms with Gasteiger partial charge in [-0.15, -0.1) is 0 Å². The lowest BCUT2D eigenvalue weighted by atomic mass is 10.1. The monoisotopic (exact) mass is 288 g/mol. The maximum Gasteiger partial charge on any atom is 0.315 e. The molecule has 1 aromatic carbocycles. The molecule has 5 heteroatoms. The summed E-state index contributed by atoms with van der Waals surface area (Å²) in [7, 11) is 0. The summed E-state index contributed by atoms with van der Waals surface area (Å²) in [6, 6.07) is 11.0. The van der Waals surface area contributed by atoms with Crippen molar-refractivity contribution in [3.63, 3.8) is 0 Å². The second kappa shape index (κ2) is 7.38. The number of urea groups is 1. The first kappa shape index (κ1) is 15.0. The van der Waals surface area contributed by atoms with Gasteiger partial charge in [0.05, 0.1) is 25.5 Å². The molecule has 0 aliphatic carbocycles. The molecule has 0 saturated heterocycles. The largest absolute Gasteiger partial charge is 0.494 e. The summed E-state index contributed by atoms with van der Waals surface area (Å²) >= 11 is 0. The normalized spacial score (nSPS) is 11.7. The number of rotatable bonds is 6. The van der Waals surface area contributed by atoms with Crippen molar-refractivity contribution in [3.05, 3.63) is 54.0 Å². The molecule has 1 atom stereocenters. The molecule has 0 radical (unpaired) electrons. The molecule has 0 saturated carbocycles. The highest BCUT2D eigenvalue weighted by Crippen LogP contribution is 2.19. The lowest BCUT2D eigenvalue weighted by Crippen LogP contribution is -2.36. The maximum atomic E-state index is 11.8. The molecule has 0 spiro atoms. The van der Waals surface area contributed by atoms with E-state index in [0.29, 0.717) is 13.2 Å². The Morgan fingerprint density at radius 2 is 2.19 bits per heavy atom. The van der Waals surface area contributed by atoms with Crippen LogP contribution in [-0.2, 0) is 6.54 Å². The third kappa shape index (κ3) is 4.56. The highest BCUT2D eigenvalue weighted by Gasteiger charge is 2.10. The van der Waals surface area contributed by atoms with Gasteiger partial charge in [0.1, 0.15) is 11.5 Å². The fourth-order valence-electron chi connectivity index (χ4n) is 1.95. The summed E-state index contributed by atoms with van der Waals surface area (Å²) in [6.45, 7) is 4.85. The van der Waals surface area contributed by atoms with Crippen molar-refractivity contribution in [2.75, 3.05) is 6.61 Å². The zero-order valence-corrected chi connectivity index (χ0v) is 12.3. The number of benzene rings is 1. The van der Waals surface area contributed by atoms with Crippen LogP contribution in [0.3, 0.4) is 0 Å². The minimum Gasteiger partial charge on any atom is -0.494 e. The molecule has 0 fully saturated rings. The van der Waals surface area contributed by atoms with Crippen LogP contribution in [0.15, 0.2) is 47.1 Å². The minimum atomic E-state index is -0.235. The van der Waals surface area contributed by atoms with Crippen molar-refractivity contribution in [2.45, 2.75) is 26.4 Å². The standard InChI is InChI=1S/C16H20N2O3/c1-3-20-14-7-4-6-13(10-14)12(2)18-16(19)17-11-15-8-5-9-21-15/h4-10,12H,3,11H2,1-2H3,(H2,17,18,19). The fourth-order valence-corrected chi connectivity index (χ4v) is 1.95. The van der Waals surface area contributed by atoms with E-state index < -0.39 is 0 Å². The third-order valence-electron chi connectivity index (χ3n) is 3.02. The smallest absolute Gasteiger partial charge is 0.315 e. The number of carbonyl (C=O) groups is 1. The van der Waals surface area contributed by atoms with Crippen LogP contribution in [0.5, 0.6) is 5.75 Å². The summed E-state index contributed by atoms with van der Waals surface area (Å²) in [5.74, 6) is 1.52. The topological polar surface area (TPSA) is 63.5 Å². The van der Waals surface area contributed by atoms with Gasteiger partial charge in [0.2, 0.25) is 0 Å². The predicted octanol–water partition coefficient (Wildman–Crippen LogP) is 3.24. The van der Waals surface area contributed by atoms with Crippen molar-refractivity contribution < 1.29 is 13.9 Å². The number of hydrogen-bond acceptors (Lipinski definition) is 3. The first-order chi connectivity index (χ1) is 10.2. The van der Waals surface area contributed by atoms with Crippen LogP contribution < -0.4 is 15.4 Å². The molecule has 1 unspecified atom stereocenters.